The quantitative estimate of drug-likeness (QED) is 0.900. The summed E-state index contributed by atoms with van der Waals surface area (Å²) in [5, 5.41) is 12.5. The van der Waals surface area contributed by atoms with E-state index in [2.05, 4.69) is 22.4 Å². The number of piperazine rings is 1. The first kappa shape index (κ1) is 13.2. The number of rotatable bonds is 3. The number of hydrogen-bond donors (Lipinski definition) is 1. The van der Waals surface area contributed by atoms with Crippen LogP contribution in [0, 0.1) is 11.3 Å². The summed E-state index contributed by atoms with van der Waals surface area (Å²) in [6.07, 6.45) is 0.500. The Morgan fingerprint density at radius 2 is 1.95 bits per heavy atom. The molecular formula is C15H19N3O2. The molecule has 0 saturated carbocycles. The number of nitrogens with one attached hydrogen (secondary N) is 1. The Morgan fingerprint density at radius 3 is 2.70 bits per heavy atom. The first-order valence-electron chi connectivity index (χ1n) is 7.10. The summed E-state index contributed by atoms with van der Waals surface area (Å²) in [6.45, 7) is 5.10. The average molecular weight is 273 g/mol. The van der Waals surface area contributed by atoms with E-state index in [0.29, 0.717) is 19.6 Å². The highest BCUT2D eigenvalue weighted by Gasteiger charge is 2.23. The maximum atomic E-state index is 9.12. The van der Waals surface area contributed by atoms with Crippen LogP contribution in [0.1, 0.15) is 18.0 Å². The van der Waals surface area contributed by atoms with Crippen molar-refractivity contribution >= 4 is 0 Å². The van der Waals surface area contributed by atoms with Crippen LogP contribution in [0.5, 0.6) is 11.5 Å². The molecule has 0 radical (unpaired) electrons. The van der Waals surface area contributed by atoms with E-state index in [1.165, 1.54) is 0 Å². The number of ether oxygens (including phenoxy) is 2. The second-order valence-electron chi connectivity index (χ2n) is 5.07. The second-order valence-corrected chi connectivity index (χ2v) is 5.07. The van der Waals surface area contributed by atoms with E-state index < -0.39 is 0 Å². The van der Waals surface area contributed by atoms with Crippen molar-refractivity contribution in [2.24, 2.45) is 0 Å². The van der Waals surface area contributed by atoms with Crippen molar-refractivity contribution in [3.05, 3.63) is 23.8 Å². The molecule has 20 heavy (non-hydrogen) atoms. The van der Waals surface area contributed by atoms with Gasteiger partial charge in [-0.2, -0.15) is 5.26 Å². The Balaban J connectivity index is 1.85. The zero-order chi connectivity index (χ0) is 13.8. The first-order chi connectivity index (χ1) is 9.88. The molecule has 5 nitrogen and oxygen atoms in total. The van der Waals surface area contributed by atoms with Gasteiger partial charge < -0.3 is 14.8 Å². The molecule has 0 spiro atoms. The molecule has 1 N–H and O–H groups in total. The lowest BCUT2D eigenvalue weighted by molar-refractivity contribution is 0.165. The number of hydrogen-bond acceptors (Lipinski definition) is 5. The van der Waals surface area contributed by atoms with Crippen LogP contribution in [-0.4, -0.2) is 44.3 Å². The van der Waals surface area contributed by atoms with E-state index in [-0.39, 0.29) is 6.04 Å². The summed E-state index contributed by atoms with van der Waals surface area (Å²) < 4.78 is 11.2. The fraction of sp³-hybridized carbons (Fsp3) is 0.533. The molecule has 106 valence electrons. The van der Waals surface area contributed by atoms with Gasteiger partial charge in [0, 0.05) is 32.2 Å². The average Bonchev–Trinajstić information content (AvgIpc) is 2.53. The standard InChI is InChI=1S/C15H19N3O2/c16-4-3-13(18-7-5-17-6-8-18)12-1-2-14-15(11-12)20-10-9-19-14/h1-2,11,13,17H,3,5-10H2/t13-/m0/s1. The molecule has 1 saturated heterocycles. The molecule has 0 amide bonds. The summed E-state index contributed by atoms with van der Waals surface area (Å²) in [6, 6.07) is 8.48. The molecule has 3 rings (SSSR count). The normalized spacial score (nSPS) is 20.1. The van der Waals surface area contributed by atoms with Crippen LogP contribution < -0.4 is 14.8 Å². The zero-order valence-corrected chi connectivity index (χ0v) is 11.5. The van der Waals surface area contributed by atoms with Gasteiger partial charge in [-0.25, -0.2) is 0 Å². The van der Waals surface area contributed by atoms with Crippen LogP contribution in [0.25, 0.3) is 0 Å². The summed E-state index contributed by atoms with van der Waals surface area (Å²) in [7, 11) is 0. The van der Waals surface area contributed by atoms with E-state index in [4.69, 9.17) is 14.7 Å². The topological polar surface area (TPSA) is 57.5 Å². The number of fused-ring (bicyclic) bond motifs is 1. The molecule has 2 heterocycles. The number of benzene rings is 1. The highest BCUT2D eigenvalue weighted by Crippen LogP contribution is 2.35. The molecule has 5 heteroatoms. The fourth-order valence-corrected chi connectivity index (χ4v) is 2.81. The first-order valence-corrected chi connectivity index (χ1v) is 7.10. The third-order valence-electron chi connectivity index (χ3n) is 3.83. The smallest absolute Gasteiger partial charge is 0.161 e. The summed E-state index contributed by atoms with van der Waals surface area (Å²) >= 11 is 0. The van der Waals surface area contributed by atoms with E-state index >= 15 is 0 Å². The van der Waals surface area contributed by atoms with Crippen molar-refractivity contribution in [1.82, 2.24) is 10.2 Å². The lowest BCUT2D eigenvalue weighted by Gasteiger charge is -2.34. The Labute approximate surface area is 119 Å². The monoisotopic (exact) mass is 273 g/mol. The lowest BCUT2D eigenvalue weighted by Crippen LogP contribution is -2.45. The van der Waals surface area contributed by atoms with Gasteiger partial charge in [0.15, 0.2) is 11.5 Å². The fourth-order valence-electron chi connectivity index (χ4n) is 2.81. The minimum absolute atomic E-state index is 0.137. The van der Waals surface area contributed by atoms with Gasteiger partial charge in [0.05, 0.1) is 12.5 Å². The molecule has 2 aliphatic rings. The molecule has 2 aliphatic heterocycles. The van der Waals surface area contributed by atoms with Crippen LogP contribution >= 0.6 is 0 Å². The molecule has 0 aromatic heterocycles. The summed E-state index contributed by atoms with van der Waals surface area (Å²) in [5.74, 6) is 1.60. The van der Waals surface area contributed by atoms with Crippen LogP contribution in [0.15, 0.2) is 18.2 Å². The molecule has 0 aliphatic carbocycles. The van der Waals surface area contributed by atoms with Gasteiger partial charge in [-0.15, -0.1) is 0 Å². The van der Waals surface area contributed by atoms with Crippen molar-refractivity contribution in [3.8, 4) is 17.6 Å². The van der Waals surface area contributed by atoms with E-state index in [9.17, 15) is 0 Å². The largest absolute Gasteiger partial charge is 0.486 e. The van der Waals surface area contributed by atoms with Gasteiger partial charge in [-0.05, 0) is 17.7 Å². The van der Waals surface area contributed by atoms with E-state index in [1.807, 2.05) is 12.1 Å². The third-order valence-corrected chi connectivity index (χ3v) is 3.83. The van der Waals surface area contributed by atoms with Gasteiger partial charge in [0.25, 0.3) is 0 Å². The van der Waals surface area contributed by atoms with Gasteiger partial charge in [0.1, 0.15) is 13.2 Å². The predicted octanol–water partition coefficient (Wildman–Crippen LogP) is 1.32. The maximum Gasteiger partial charge on any atom is 0.161 e. The summed E-state index contributed by atoms with van der Waals surface area (Å²) in [4.78, 5) is 2.37. The molecule has 1 atom stereocenters. The van der Waals surface area contributed by atoms with Crippen molar-refractivity contribution in [1.29, 1.82) is 5.26 Å². The van der Waals surface area contributed by atoms with Gasteiger partial charge >= 0.3 is 0 Å². The van der Waals surface area contributed by atoms with Crippen LogP contribution in [0.4, 0.5) is 0 Å². The maximum absolute atomic E-state index is 9.12. The van der Waals surface area contributed by atoms with Gasteiger partial charge in [-0.1, -0.05) is 6.07 Å². The Bertz CT molecular complexity index is 506. The van der Waals surface area contributed by atoms with Gasteiger partial charge in [-0.3, -0.25) is 4.90 Å². The van der Waals surface area contributed by atoms with Crippen molar-refractivity contribution in [2.75, 3.05) is 39.4 Å². The van der Waals surface area contributed by atoms with Crippen molar-refractivity contribution < 1.29 is 9.47 Å². The van der Waals surface area contributed by atoms with Crippen molar-refractivity contribution in [2.45, 2.75) is 12.5 Å². The number of nitrogens with zero attached hydrogens (tertiary/aromatic N) is 2. The van der Waals surface area contributed by atoms with Crippen LogP contribution in [0.3, 0.4) is 0 Å². The minimum atomic E-state index is 0.137. The Hall–Kier alpha value is -1.77. The van der Waals surface area contributed by atoms with Crippen molar-refractivity contribution in [3.63, 3.8) is 0 Å². The Kier molecular flexibility index (Phi) is 4.05. The van der Waals surface area contributed by atoms with Gasteiger partial charge in [0.2, 0.25) is 0 Å². The highest BCUT2D eigenvalue weighted by atomic mass is 16.6. The molecule has 0 bridgehead atoms. The minimum Gasteiger partial charge on any atom is -0.486 e. The Morgan fingerprint density at radius 1 is 1.20 bits per heavy atom. The van der Waals surface area contributed by atoms with Crippen LogP contribution in [-0.2, 0) is 0 Å². The van der Waals surface area contributed by atoms with E-state index in [1.54, 1.807) is 0 Å². The molecular weight excluding hydrogens is 254 g/mol. The lowest BCUT2D eigenvalue weighted by atomic mass is 10.0. The summed E-state index contributed by atoms with van der Waals surface area (Å²) in [5.41, 5.74) is 1.14. The van der Waals surface area contributed by atoms with Crippen LogP contribution in [0.2, 0.25) is 0 Å². The molecule has 1 aromatic rings. The molecule has 1 fully saturated rings. The zero-order valence-electron chi connectivity index (χ0n) is 11.5. The second kappa shape index (κ2) is 6.12. The molecule has 1 aromatic carbocycles. The molecule has 0 unspecified atom stereocenters. The third kappa shape index (κ3) is 2.72. The SMILES string of the molecule is N#CC[C@@H](c1ccc2c(c1)OCCO2)N1CCNCC1. The van der Waals surface area contributed by atoms with E-state index in [0.717, 1.165) is 43.2 Å². The predicted molar refractivity (Wildman–Crippen MR) is 74.8 cm³/mol. The number of nitriles is 1. The highest BCUT2D eigenvalue weighted by molar-refractivity contribution is 5.44.